The van der Waals surface area contributed by atoms with Crippen molar-refractivity contribution >= 4 is 39.4 Å². The Hall–Kier alpha value is -3.49. The number of likely N-dealkylation sites (tertiary alicyclic amines) is 1. The van der Waals surface area contributed by atoms with Crippen molar-refractivity contribution in [3.05, 3.63) is 94.0 Å². The highest BCUT2D eigenvalue weighted by atomic mass is 32.2. The Bertz CT molecular complexity index is 1410. The van der Waals surface area contributed by atoms with Crippen molar-refractivity contribution < 1.29 is 13.5 Å². The number of hydrogen-bond donors (Lipinski definition) is 3. The van der Waals surface area contributed by atoms with Crippen molar-refractivity contribution in [3.8, 4) is 0 Å². The molecule has 1 aromatic heterocycles. The number of hydrogen-bond acceptors (Lipinski definition) is 4. The quantitative estimate of drug-likeness (QED) is 0.354. The van der Waals surface area contributed by atoms with Gasteiger partial charge in [0.1, 0.15) is 0 Å². The number of pyridine rings is 1. The number of carbonyl (C=O) groups excluding carboxylic acids is 2. The van der Waals surface area contributed by atoms with Gasteiger partial charge in [0.25, 0.3) is 11.8 Å². The molecule has 0 bridgehead atoms. The molecule has 2 aromatic carbocycles. The van der Waals surface area contributed by atoms with E-state index in [1.165, 1.54) is 0 Å². The molecule has 2 N–H and O–H groups in total. The van der Waals surface area contributed by atoms with Crippen molar-refractivity contribution in [1.29, 1.82) is 0 Å². The van der Waals surface area contributed by atoms with E-state index in [2.05, 4.69) is 27.6 Å². The molecule has 2 amide bonds. The lowest BCUT2D eigenvalue weighted by molar-refractivity contribution is -0.117. The van der Waals surface area contributed by atoms with Crippen LogP contribution >= 0.6 is 11.3 Å². The Morgan fingerprint density at radius 1 is 1.11 bits per heavy atom. The number of piperidine rings is 1. The highest BCUT2D eigenvalue weighted by Crippen LogP contribution is 2.47. The van der Waals surface area contributed by atoms with Crippen LogP contribution in [0.1, 0.15) is 53.7 Å². The van der Waals surface area contributed by atoms with Gasteiger partial charge in [0, 0.05) is 29.4 Å². The number of allylic oxidation sites excluding steroid dienone is 2. The molecule has 2 unspecified atom stereocenters. The molecule has 8 heteroatoms. The molecule has 2 atom stereocenters. The van der Waals surface area contributed by atoms with Crippen molar-refractivity contribution in [2.75, 3.05) is 20.1 Å². The van der Waals surface area contributed by atoms with E-state index in [1.807, 2.05) is 49.4 Å². The van der Waals surface area contributed by atoms with Gasteiger partial charge in [-0.2, -0.15) is 3.89 Å². The Labute approximate surface area is 225 Å². The molecular formula is C30H33FN4O2S. The second-order valence-electron chi connectivity index (χ2n) is 9.97. The Morgan fingerprint density at radius 3 is 2.71 bits per heavy atom. The average molecular weight is 533 g/mol. The predicted octanol–water partition coefficient (Wildman–Crippen LogP) is 5.45. The van der Waals surface area contributed by atoms with Gasteiger partial charge >= 0.3 is 0 Å². The van der Waals surface area contributed by atoms with Crippen molar-refractivity contribution in [1.82, 2.24) is 20.5 Å². The molecular weight excluding hydrogens is 499 g/mol. The van der Waals surface area contributed by atoms with E-state index in [9.17, 15) is 13.5 Å². The minimum absolute atomic E-state index is 0.0866. The first kappa shape index (κ1) is 26.1. The second kappa shape index (κ2) is 11.5. The molecule has 6 nitrogen and oxygen atoms in total. The van der Waals surface area contributed by atoms with Gasteiger partial charge in [-0.15, -0.1) is 0 Å². The minimum atomic E-state index is -2.15. The molecule has 38 heavy (non-hydrogen) atoms. The van der Waals surface area contributed by atoms with Crippen molar-refractivity contribution in [2.24, 2.45) is 0 Å². The number of benzene rings is 2. The zero-order valence-corrected chi connectivity index (χ0v) is 22.5. The van der Waals surface area contributed by atoms with Gasteiger partial charge in [0.2, 0.25) is 0 Å². The summed E-state index contributed by atoms with van der Waals surface area (Å²) in [5, 5.41) is 9.66. The number of halogens is 1. The molecule has 198 valence electrons. The standard InChI is InChI=1S/C30H33FN4O2S/c1-3-27(34-29(36)23-7-8-24-18-32-12-9-21(24)16-23)22-6-4-5-20(15-22)25-17-28(38(31)19-25)30(37)33-26-10-13-35(2)14-11-26/h4-9,12,15-19,26-27,38H,3,10-11,13-14H2,1-2H3,(H,33,37)(H,34,36). The largest absolute Gasteiger partial charge is 0.349 e. The molecule has 0 radical (unpaired) electrons. The SMILES string of the molecule is CCC(NC(=O)c1ccc2cnccc2c1)c1cccc(C2=C[SH](F)C(C(=O)NC3CCN(C)CC3)=C2)c1. The van der Waals surface area contributed by atoms with E-state index >= 15 is 0 Å². The molecule has 1 fully saturated rings. The third-order valence-corrected chi connectivity index (χ3v) is 8.60. The summed E-state index contributed by atoms with van der Waals surface area (Å²) in [6.07, 6.45) is 7.62. The summed E-state index contributed by atoms with van der Waals surface area (Å²) in [5.41, 5.74) is 3.06. The number of nitrogens with zero attached hydrogens (tertiary/aromatic N) is 2. The first-order chi connectivity index (χ1) is 18.4. The van der Waals surface area contributed by atoms with Crippen LogP contribution in [0.25, 0.3) is 16.3 Å². The highest BCUT2D eigenvalue weighted by Gasteiger charge is 2.26. The summed E-state index contributed by atoms with van der Waals surface area (Å²) in [7, 11) is 2.07. The fourth-order valence-electron chi connectivity index (χ4n) is 4.99. The molecule has 5 rings (SSSR count). The topological polar surface area (TPSA) is 74.3 Å². The van der Waals surface area contributed by atoms with Gasteiger partial charge in [-0.3, -0.25) is 14.6 Å². The van der Waals surface area contributed by atoms with Crippen molar-refractivity contribution in [3.63, 3.8) is 0 Å². The molecule has 0 saturated carbocycles. The Kier molecular flexibility index (Phi) is 7.90. The fourth-order valence-corrected chi connectivity index (χ4v) is 6.12. The summed E-state index contributed by atoms with van der Waals surface area (Å²) in [6.45, 7) is 3.88. The lowest BCUT2D eigenvalue weighted by Crippen LogP contribution is -2.43. The summed E-state index contributed by atoms with van der Waals surface area (Å²) in [4.78, 5) is 32.5. The zero-order chi connectivity index (χ0) is 26.6. The maximum Gasteiger partial charge on any atom is 0.258 e. The van der Waals surface area contributed by atoms with E-state index in [-0.39, 0.29) is 28.8 Å². The number of nitrogens with one attached hydrogen (secondary N) is 2. The maximum absolute atomic E-state index is 15.0. The van der Waals surface area contributed by atoms with Crippen LogP contribution in [0.4, 0.5) is 3.89 Å². The van der Waals surface area contributed by atoms with Gasteiger partial charge in [0.05, 0.1) is 10.9 Å². The summed E-state index contributed by atoms with van der Waals surface area (Å²) in [5.74, 6) is -0.457. The van der Waals surface area contributed by atoms with Gasteiger partial charge in [-0.25, -0.2) is 0 Å². The lowest BCUT2D eigenvalue weighted by Gasteiger charge is -2.29. The van der Waals surface area contributed by atoms with Crippen LogP contribution < -0.4 is 10.6 Å². The van der Waals surface area contributed by atoms with Crippen LogP contribution in [-0.4, -0.2) is 47.9 Å². The van der Waals surface area contributed by atoms with E-state index in [1.54, 1.807) is 29.9 Å². The number of amides is 2. The molecule has 2 aliphatic heterocycles. The molecule has 2 aliphatic rings. The van der Waals surface area contributed by atoms with E-state index in [4.69, 9.17) is 0 Å². The van der Waals surface area contributed by atoms with Gasteiger partial charge in [0.15, 0.2) is 0 Å². The van der Waals surface area contributed by atoms with Crippen LogP contribution in [0, 0.1) is 0 Å². The van der Waals surface area contributed by atoms with Crippen LogP contribution in [0.5, 0.6) is 0 Å². The lowest BCUT2D eigenvalue weighted by atomic mass is 9.98. The van der Waals surface area contributed by atoms with Crippen LogP contribution in [-0.2, 0) is 4.79 Å². The number of aromatic nitrogens is 1. The normalized spacial score (nSPS) is 20.0. The van der Waals surface area contributed by atoms with Gasteiger partial charge < -0.3 is 15.5 Å². The van der Waals surface area contributed by atoms with Crippen LogP contribution in [0.2, 0.25) is 0 Å². The third-order valence-electron chi connectivity index (χ3n) is 7.30. The Balaban J connectivity index is 1.29. The maximum atomic E-state index is 15.0. The van der Waals surface area contributed by atoms with Gasteiger partial charge in [-0.1, -0.05) is 31.2 Å². The van der Waals surface area contributed by atoms with E-state index < -0.39 is 11.3 Å². The van der Waals surface area contributed by atoms with E-state index in [0.717, 1.165) is 47.8 Å². The minimum Gasteiger partial charge on any atom is -0.349 e. The highest BCUT2D eigenvalue weighted by molar-refractivity contribution is 8.19. The molecule has 0 spiro atoms. The molecule has 1 saturated heterocycles. The first-order valence-corrected chi connectivity index (χ1v) is 14.3. The monoisotopic (exact) mass is 532 g/mol. The number of rotatable bonds is 7. The third kappa shape index (κ3) is 5.81. The second-order valence-corrected chi connectivity index (χ2v) is 11.3. The molecule has 3 heterocycles. The summed E-state index contributed by atoms with van der Waals surface area (Å²) < 4.78 is 15.0. The smallest absolute Gasteiger partial charge is 0.258 e. The number of fused-ring (bicyclic) bond motifs is 1. The first-order valence-electron chi connectivity index (χ1n) is 13.0. The Morgan fingerprint density at radius 2 is 1.92 bits per heavy atom. The predicted molar refractivity (Wildman–Crippen MR) is 153 cm³/mol. The summed E-state index contributed by atoms with van der Waals surface area (Å²) in [6, 6.07) is 15.1. The number of carbonyl (C=O) groups is 2. The zero-order valence-electron chi connectivity index (χ0n) is 21.7. The fraction of sp³-hybridized carbons (Fsp3) is 0.300. The van der Waals surface area contributed by atoms with E-state index in [0.29, 0.717) is 17.6 Å². The van der Waals surface area contributed by atoms with Crippen LogP contribution in [0.15, 0.2) is 77.3 Å². The molecule has 3 aromatic rings. The van der Waals surface area contributed by atoms with Crippen LogP contribution in [0.3, 0.4) is 0 Å². The molecule has 0 aliphatic carbocycles. The summed E-state index contributed by atoms with van der Waals surface area (Å²) >= 11 is -2.15. The average Bonchev–Trinajstić information content (AvgIpc) is 3.34. The van der Waals surface area contributed by atoms with Crippen molar-refractivity contribution in [2.45, 2.75) is 38.3 Å². The number of thiol groups is 1. The van der Waals surface area contributed by atoms with Gasteiger partial charge in [-0.05, 0) is 109 Å².